The Morgan fingerprint density at radius 1 is 1.22 bits per heavy atom. The summed E-state index contributed by atoms with van der Waals surface area (Å²) in [7, 11) is -5.50. The molecule has 0 heterocycles. The third-order valence-corrected chi connectivity index (χ3v) is 3.32. The number of allylic oxidation sites excluding steroid dienone is 1. The average molecular weight is 288 g/mol. The molecule has 0 bridgehead atoms. The highest BCUT2D eigenvalue weighted by Crippen LogP contribution is 2.25. The van der Waals surface area contributed by atoms with Crippen molar-refractivity contribution in [3.8, 4) is 0 Å². The number of alkyl halides is 3. The molecular formula is C11H19F3O3S. The van der Waals surface area contributed by atoms with Crippen molar-refractivity contribution < 1.29 is 25.8 Å². The van der Waals surface area contributed by atoms with Gasteiger partial charge >= 0.3 is 15.6 Å². The van der Waals surface area contributed by atoms with Crippen LogP contribution in [0, 0.1) is 0 Å². The molecule has 18 heavy (non-hydrogen) atoms. The normalized spacial score (nSPS) is 15.2. The van der Waals surface area contributed by atoms with Crippen LogP contribution in [0.5, 0.6) is 0 Å². The fourth-order valence-electron chi connectivity index (χ4n) is 1.26. The van der Waals surface area contributed by atoms with E-state index in [-0.39, 0.29) is 0 Å². The zero-order valence-corrected chi connectivity index (χ0v) is 11.4. The lowest BCUT2D eigenvalue weighted by Crippen LogP contribution is -2.28. The molecule has 0 aromatic carbocycles. The topological polar surface area (TPSA) is 43.4 Å². The Bertz CT molecular complexity index is 347. The molecule has 0 fully saturated rings. The van der Waals surface area contributed by atoms with E-state index in [1.807, 2.05) is 0 Å². The van der Waals surface area contributed by atoms with E-state index in [0.717, 1.165) is 25.7 Å². The molecule has 0 rings (SSSR count). The Hall–Kier alpha value is -0.560. The summed E-state index contributed by atoms with van der Waals surface area (Å²) in [4.78, 5) is 0. The van der Waals surface area contributed by atoms with Crippen LogP contribution in [0.4, 0.5) is 13.2 Å². The molecule has 0 aliphatic carbocycles. The minimum Gasteiger partial charge on any atom is -0.256 e. The van der Waals surface area contributed by atoms with Crippen LogP contribution in [0.2, 0.25) is 0 Å². The fraction of sp³-hybridized carbons (Fsp3) is 0.818. The molecule has 3 nitrogen and oxygen atoms in total. The van der Waals surface area contributed by atoms with E-state index in [0.29, 0.717) is 6.42 Å². The number of hydrogen-bond acceptors (Lipinski definition) is 3. The van der Waals surface area contributed by atoms with Crippen LogP contribution in [0.3, 0.4) is 0 Å². The van der Waals surface area contributed by atoms with Crippen LogP contribution in [0.15, 0.2) is 12.2 Å². The molecule has 0 aliphatic rings. The van der Waals surface area contributed by atoms with Crippen molar-refractivity contribution in [3.63, 3.8) is 0 Å². The van der Waals surface area contributed by atoms with Gasteiger partial charge in [0.25, 0.3) is 0 Å². The maximum Gasteiger partial charge on any atom is 0.523 e. The predicted octanol–water partition coefficient (Wildman–Crippen LogP) is 3.77. The first-order chi connectivity index (χ1) is 8.20. The van der Waals surface area contributed by atoms with Gasteiger partial charge in [0.1, 0.15) is 0 Å². The van der Waals surface area contributed by atoms with E-state index in [9.17, 15) is 21.6 Å². The summed E-state index contributed by atoms with van der Waals surface area (Å²) >= 11 is 0. The zero-order valence-electron chi connectivity index (χ0n) is 10.5. The largest absolute Gasteiger partial charge is 0.523 e. The summed E-state index contributed by atoms with van der Waals surface area (Å²) in [6.45, 7) is 3.33. The second-order valence-corrected chi connectivity index (χ2v) is 5.54. The van der Waals surface area contributed by atoms with Gasteiger partial charge in [-0.3, -0.25) is 4.18 Å². The number of unbranched alkanes of at least 4 members (excludes halogenated alkanes) is 4. The van der Waals surface area contributed by atoms with Gasteiger partial charge in [-0.25, -0.2) is 0 Å². The summed E-state index contributed by atoms with van der Waals surface area (Å²) in [6.07, 6.45) is 6.78. The minimum absolute atomic E-state index is 0.708. The smallest absolute Gasteiger partial charge is 0.256 e. The Morgan fingerprint density at radius 2 is 1.83 bits per heavy atom. The van der Waals surface area contributed by atoms with Gasteiger partial charge in [-0.2, -0.15) is 21.6 Å². The lowest BCUT2D eigenvalue weighted by Gasteiger charge is -2.11. The molecule has 108 valence electrons. The van der Waals surface area contributed by atoms with E-state index < -0.39 is 21.7 Å². The number of halogens is 3. The van der Waals surface area contributed by atoms with Gasteiger partial charge in [0, 0.05) is 0 Å². The van der Waals surface area contributed by atoms with Gasteiger partial charge in [-0.05, 0) is 19.8 Å². The SMILES string of the molecule is CCCCCCC=CC(C)OS(=O)(=O)C(F)(F)F. The quantitative estimate of drug-likeness (QED) is 0.295. The van der Waals surface area contributed by atoms with Crippen LogP contribution < -0.4 is 0 Å². The molecule has 0 aromatic rings. The fourth-order valence-corrected chi connectivity index (χ4v) is 1.84. The van der Waals surface area contributed by atoms with Crippen LogP contribution in [-0.4, -0.2) is 20.0 Å². The summed E-state index contributed by atoms with van der Waals surface area (Å²) in [5.74, 6) is 0. The Morgan fingerprint density at radius 3 is 2.33 bits per heavy atom. The van der Waals surface area contributed by atoms with Gasteiger partial charge in [0.2, 0.25) is 0 Å². The van der Waals surface area contributed by atoms with Crippen molar-refractivity contribution in [1.82, 2.24) is 0 Å². The summed E-state index contributed by atoms with van der Waals surface area (Å²) < 4.78 is 61.3. The average Bonchev–Trinajstić information content (AvgIpc) is 2.20. The first-order valence-corrected chi connectivity index (χ1v) is 7.27. The molecule has 0 saturated carbocycles. The second-order valence-electron chi connectivity index (χ2n) is 3.98. The molecule has 0 amide bonds. The standard InChI is InChI=1S/C11H19F3O3S/c1-3-4-5-6-7-8-9-10(2)17-18(15,16)11(12,13)14/h8-10H,3-7H2,1-2H3. The van der Waals surface area contributed by atoms with E-state index in [2.05, 4.69) is 11.1 Å². The van der Waals surface area contributed by atoms with E-state index >= 15 is 0 Å². The van der Waals surface area contributed by atoms with Crippen molar-refractivity contribution in [2.75, 3.05) is 0 Å². The molecule has 0 aromatic heterocycles. The molecule has 0 radical (unpaired) electrons. The van der Waals surface area contributed by atoms with Crippen molar-refractivity contribution >= 4 is 10.1 Å². The van der Waals surface area contributed by atoms with Crippen LogP contribution in [-0.2, 0) is 14.3 Å². The third kappa shape index (κ3) is 7.00. The highest BCUT2D eigenvalue weighted by Gasteiger charge is 2.47. The number of rotatable bonds is 8. The highest BCUT2D eigenvalue weighted by molar-refractivity contribution is 7.87. The monoisotopic (exact) mass is 288 g/mol. The summed E-state index contributed by atoms with van der Waals surface area (Å²) in [5, 5.41) is 0. The molecule has 0 spiro atoms. The van der Waals surface area contributed by atoms with Gasteiger partial charge in [0.05, 0.1) is 6.10 Å². The zero-order chi connectivity index (χ0) is 14.2. The first kappa shape index (κ1) is 17.4. The minimum atomic E-state index is -5.50. The van der Waals surface area contributed by atoms with Gasteiger partial charge in [-0.1, -0.05) is 38.3 Å². The first-order valence-electron chi connectivity index (χ1n) is 5.87. The Balaban J connectivity index is 4.05. The van der Waals surface area contributed by atoms with Crippen molar-refractivity contribution in [2.45, 2.75) is 57.6 Å². The van der Waals surface area contributed by atoms with Crippen LogP contribution in [0.1, 0.15) is 46.0 Å². The molecule has 0 saturated heterocycles. The van der Waals surface area contributed by atoms with E-state index in [1.54, 1.807) is 6.08 Å². The Kier molecular flexibility index (Phi) is 7.54. The second kappa shape index (κ2) is 7.78. The molecule has 1 unspecified atom stereocenters. The predicted molar refractivity (Wildman–Crippen MR) is 63.4 cm³/mol. The molecule has 0 N–H and O–H groups in total. The maximum absolute atomic E-state index is 12.0. The number of hydrogen-bond donors (Lipinski definition) is 0. The molecular weight excluding hydrogens is 269 g/mol. The van der Waals surface area contributed by atoms with Gasteiger partial charge in [0.15, 0.2) is 0 Å². The lowest BCUT2D eigenvalue weighted by molar-refractivity contribution is -0.0555. The van der Waals surface area contributed by atoms with E-state index in [4.69, 9.17) is 0 Å². The summed E-state index contributed by atoms with van der Waals surface area (Å²) in [5.41, 5.74) is -5.36. The van der Waals surface area contributed by atoms with Gasteiger partial charge in [-0.15, -0.1) is 0 Å². The van der Waals surface area contributed by atoms with Crippen LogP contribution >= 0.6 is 0 Å². The third-order valence-electron chi connectivity index (χ3n) is 2.19. The molecule has 1 atom stereocenters. The molecule has 7 heteroatoms. The lowest BCUT2D eigenvalue weighted by atomic mass is 10.1. The van der Waals surface area contributed by atoms with Gasteiger partial charge < -0.3 is 0 Å². The van der Waals surface area contributed by atoms with Crippen LogP contribution in [0.25, 0.3) is 0 Å². The van der Waals surface area contributed by atoms with Crippen molar-refractivity contribution in [3.05, 3.63) is 12.2 Å². The Labute approximate surface area is 106 Å². The highest BCUT2D eigenvalue weighted by atomic mass is 32.2. The van der Waals surface area contributed by atoms with E-state index in [1.165, 1.54) is 13.0 Å². The molecule has 0 aliphatic heterocycles. The summed E-state index contributed by atoms with van der Waals surface area (Å²) in [6, 6.07) is 0. The van der Waals surface area contributed by atoms with Crippen molar-refractivity contribution in [1.29, 1.82) is 0 Å². The van der Waals surface area contributed by atoms with Crippen molar-refractivity contribution in [2.24, 2.45) is 0 Å². The maximum atomic E-state index is 12.0.